The minimum absolute atomic E-state index is 0.232. The molecule has 29 heavy (non-hydrogen) atoms. The van der Waals surface area contributed by atoms with E-state index in [0.717, 1.165) is 24.0 Å². The monoisotopic (exact) mass is 385 g/mol. The van der Waals surface area contributed by atoms with Crippen LogP contribution in [0.5, 0.6) is 0 Å². The van der Waals surface area contributed by atoms with Crippen molar-refractivity contribution in [3.63, 3.8) is 0 Å². The molecular formula is C24H23N3O2. The molecule has 0 aromatic heterocycles. The number of nitrogens with zero attached hydrogens (tertiary/aromatic N) is 3. The molecule has 1 aliphatic carbocycles. The van der Waals surface area contributed by atoms with Crippen molar-refractivity contribution in [2.45, 2.75) is 45.1 Å². The lowest BCUT2D eigenvalue weighted by Gasteiger charge is -2.31. The van der Waals surface area contributed by atoms with E-state index in [4.69, 9.17) is 0 Å². The summed E-state index contributed by atoms with van der Waals surface area (Å²) >= 11 is 0. The van der Waals surface area contributed by atoms with Crippen LogP contribution in [0, 0.1) is 31.1 Å². The van der Waals surface area contributed by atoms with Gasteiger partial charge in [0.25, 0.3) is 5.91 Å². The summed E-state index contributed by atoms with van der Waals surface area (Å²) in [7, 11) is 0. The number of rotatable bonds is 4. The molecule has 1 heterocycles. The fourth-order valence-electron chi connectivity index (χ4n) is 3.81. The van der Waals surface area contributed by atoms with Crippen molar-refractivity contribution in [2.24, 2.45) is 10.9 Å². The minimum Gasteiger partial charge on any atom is -0.275 e. The molecule has 0 bridgehead atoms. The fraction of sp³-hybridized carbons (Fsp3) is 0.333. The van der Waals surface area contributed by atoms with Gasteiger partial charge in [-0.1, -0.05) is 24.3 Å². The number of carbonyl (C=O) groups is 2. The zero-order valence-corrected chi connectivity index (χ0v) is 16.8. The highest BCUT2D eigenvalue weighted by molar-refractivity contribution is 6.29. The van der Waals surface area contributed by atoms with Crippen LogP contribution in [0.25, 0.3) is 0 Å². The van der Waals surface area contributed by atoms with Gasteiger partial charge in [-0.25, -0.2) is 4.90 Å². The van der Waals surface area contributed by atoms with Crippen LogP contribution in [-0.4, -0.2) is 23.6 Å². The lowest BCUT2D eigenvalue weighted by Crippen LogP contribution is -2.45. The quantitative estimate of drug-likeness (QED) is 0.580. The molecule has 2 aromatic carbocycles. The molecule has 0 spiro atoms. The fourth-order valence-corrected chi connectivity index (χ4v) is 3.81. The third-order valence-corrected chi connectivity index (χ3v) is 6.05. The third-order valence-electron chi connectivity index (χ3n) is 6.05. The van der Waals surface area contributed by atoms with Crippen LogP contribution in [0.15, 0.2) is 47.5 Å². The number of benzene rings is 2. The average molecular weight is 385 g/mol. The summed E-state index contributed by atoms with van der Waals surface area (Å²) in [6, 6.07) is 15.0. The van der Waals surface area contributed by atoms with Gasteiger partial charge in [-0.15, -0.1) is 0 Å². The van der Waals surface area contributed by atoms with Gasteiger partial charge in [-0.05, 0) is 74.4 Å². The molecule has 1 saturated carbocycles. The highest BCUT2D eigenvalue weighted by Gasteiger charge is 2.43. The number of hydrogen-bond acceptors (Lipinski definition) is 4. The molecule has 5 nitrogen and oxygen atoms in total. The Kier molecular flexibility index (Phi) is 4.58. The summed E-state index contributed by atoms with van der Waals surface area (Å²) in [5.41, 5.74) is 2.97. The normalized spacial score (nSPS) is 21.0. The number of fused-ring (bicyclic) bond motifs is 1. The number of amides is 2. The van der Waals surface area contributed by atoms with Gasteiger partial charge in [0.05, 0.1) is 17.7 Å². The van der Waals surface area contributed by atoms with Crippen LogP contribution in [0.3, 0.4) is 0 Å². The predicted molar refractivity (Wildman–Crippen MR) is 112 cm³/mol. The largest absolute Gasteiger partial charge is 0.275 e. The van der Waals surface area contributed by atoms with Gasteiger partial charge in [0.1, 0.15) is 5.54 Å². The molecular weight excluding hydrogens is 362 g/mol. The Morgan fingerprint density at radius 1 is 1.14 bits per heavy atom. The Morgan fingerprint density at radius 2 is 1.86 bits per heavy atom. The zero-order chi connectivity index (χ0) is 20.8. The molecule has 2 atom stereocenters. The molecule has 1 fully saturated rings. The number of hydrogen-bond donors (Lipinski definition) is 0. The van der Waals surface area contributed by atoms with Gasteiger partial charge in [-0.3, -0.25) is 14.6 Å². The summed E-state index contributed by atoms with van der Waals surface area (Å²) in [6.45, 7) is 5.76. The lowest BCUT2D eigenvalue weighted by molar-refractivity contribution is -0.118. The van der Waals surface area contributed by atoms with Crippen molar-refractivity contribution >= 4 is 23.7 Å². The van der Waals surface area contributed by atoms with Gasteiger partial charge in [0.2, 0.25) is 5.91 Å². The lowest BCUT2D eigenvalue weighted by atomic mass is 9.88. The Morgan fingerprint density at radius 3 is 2.52 bits per heavy atom. The molecule has 0 saturated heterocycles. The summed E-state index contributed by atoms with van der Waals surface area (Å²) in [5.74, 6) is -1.13. The number of carbonyl (C=O) groups excluding carboxylic acids is 2. The van der Waals surface area contributed by atoms with Crippen molar-refractivity contribution < 1.29 is 9.59 Å². The Balaban J connectivity index is 1.79. The van der Waals surface area contributed by atoms with Gasteiger partial charge in [-0.2, -0.15) is 5.26 Å². The Labute approximate surface area is 170 Å². The van der Waals surface area contributed by atoms with Crippen LogP contribution in [0.2, 0.25) is 0 Å². The summed E-state index contributed by atoms with van der Waals surface area (Å²) in [4.78, 5) is 32.4. The predicted octanol–water partition coefficient (Wildman–Crippen LogP) is 4.34. The number of anilines is 1. The molecule has 2 aliphatic rings. The van der Waals surface area contributed by atoms with E-state index in [1.807, 2.05) is 39.0 Å². The maximum Gasteiger partial charge on any atom is 0.265 e. The summed E-state index contributed by atoms with van der Waals surface area (Å²) < 4.78 is 0. The van der Waals surface area contributed by atoms with Crippen molar-refractivity contribution in [2.75, 3.05) is 4.90 Å². The van der Waals surface area contributed by atoms with Crippen molar-refractivity contribution in [1.82, 2.24) is 0 Å². The molecule has 2 amide bonds. The van der Waals surface area contributed by atoms with E-state index in [0.29, 0.717) is 16.8 Å². The first kappa shape index (κ1) is 19.1. The van der Waals surface area contributed by atoms with E-state index in [9.17, 15) is 14.9 Å². The topological polar surface area (TPSA) is 73.5 Å². The molecule has 2 aromatic rings. The van der Waals surface area contributed by atoms with Crippen molar-refractivity contribution in [3.05, 3.63) is 64.7 Å². The second-order valence-electron chi connectivity index (χ2n) is 8.12. The summed E-state index contributed by atoms with van der Waals surface area (Å²) in [5, 5.41) is 9.60. The molecule has 0 unspecified atom stereocenters. The van der Waals surface area contributed by atoms with Crippen molar-refractivity contribution in [1.29, 1.82) is 5.26 Å². The number of aliphatic imine (C=N–C) groups is 1. The highest BCUT2D eigenvalue weighted by Crippen LogP contribution is 2.42. The first-order valence-electron chi connectivity index (χ1n) is 9.87. The van der Waals surface area contributed by atoms with Gasteiger partial charge < -0.3 is 0 Å². The Hall–Kier alpha value is -3.26. The molecule has 0 radical (unpaired) electrons. The van der Waals surface area contributed by atoms with E-state index < -0.39 is 11.5 Å². The van der Waals surface area contributed by atoms with E-state index >= 15 is 0 Å². The van der Waals surface area contributed by atoms with Crippen molar-refractivity contribution in [3.8, 4) is 6.07 Å². The summed E-state index contributed by atoms with van der Waals surface area (Å²) in [6.07, 6.45) is 3.52. The highest BCUT2D eigenvalue weighted by atomic mass is 16.2. The van der Waals surface area contributed by atoms with E-state index in [-0.39, 0.29) is 17.7 Å². The molecule has 146 valence electrons. The average Bonchev–Trinajstić information content (AvgIpc) is 3.56. The van der Waals surface area contributed by atoms with Crippen LogP contribution < -0.4 is 4.90 Å². The van der Waals surface area contributed by atoms with Crippen LogP contribution in [0.4, 0.5) is 5.69 Å². The standard InChI is InChI=1S/C24H23N3O2/c1-15-8-11-18(12-16(15)2)27-22(28)20-7-5-4-6-19(20)21(23(27)29)13-26-24(3,14-25)17-9-10-17/h4-8,11-13,17,21H,9-10H2,1-3H3/t21-,24+/m1/s1. The second kappa shape index (κ2) is 6.97. The first-order valence-corrected chi connectivity index (χ1v) is 9.87. The number of aryl methyl sites for hydroxylation is 2. The maximum atomic E-state index is 13.4. The second-order valence-corrected chi connectivity index (χ2v) is 8.12. The maximum absolute atomic E-state index is 13.4. The van der Waals surface area contributed by atoms with Crippen LogP contribution in [0.1, 0.15) is 52.7 Å². The molecule has 1 aliphatic heterocycles. The number of nitriles is 1. The number of imide groups is 1. The van der Waals surface area contributed by atoms with Gasteiger partial charge >= 0.3 is 0 Å². The molecule has 5 heteroatoms. The van der Waals surface area contributed by atoms with E-state index in [1.54, 1.807) is 30.5 Å². The first-order chi connectivity index (χ1) is 13.9. The van der Waals surface area contributed by atoms with E-state index in [2.05, 4.69) is 11.1 Å². The SMILES string of the molecule is Cc1ccc(N2C(=O)c3ccccc3[C@@H](C=N[C@@](C)(C#N)C3CC3)C2=O)cc1C. The van der Waals surface area contributed by atoms with Gasteiger partial charge in [0, 0.05) is 11.8 Å². The minimum atomic E-state index is -0.831. The Bertz CT molecular complexity index is 1080. The van der Waals surface area contributed by atoms with Crippen LogP contribution in [-0.2, 0) is 4.79 Å². The molecule has 4 rings (SSSR count). The smallest absolute Gasteiger partial charge is 0.265 e. The third kappa shape index (κ3) is 3.25. The van der Waals surface area contributed by atoms with Gasteiger partial charge in [0.15, 0.2) is 0 Å². The van der Waals surface area contributed by atoms with E-state index in [1.165, 1.54) is 4.90 Å². The van der Waals surface area contributed by atoms with Crippen LogP contribution >= 0.6 is 0 Å². The molecule has 0 N–H and O–H groups in total. The zero-order valence-electron chi connectivity index (χ0n) is 16.8.